The molecule has 5 nitrogen and oxygen atoms in total. The van der Waals surface area contributed by atoms with E-state index in [-0.39, 0.29) is 12.3 Å². The van der Waals surface area contributed by atoms with E-state index in [9.17, 15) is 9.59 Å². The molecular weight excluding hydrogens is 338 g/mol. The van der Waals surface area contributed by atoms with Crippen molar-refractivity contribution in [3.8, 4) is 5.75 Å². The summed E-state index contributed by atoms with van der Waals surface area (Å²) in [6.07, 6.45) is 3.22. The van der Waals surface area contributed by atoms with Gasteiger partial charge in [0.05, 0.1) is 24.6 Å². The summed E-state index contributed by atoms with van der Waals surface area (Å²) < 4.78 is 6.04. The minimum atomic E-state index is -0.889. The summed E-state index contributed by atoms with van der Waals surface area (Å²) in [5.74, 6) is -0.715. The molecule has 0 bridgehead atoms. The van der Waals surface area contributed by atoms with Crippen molar-refractivity contribution in [2.45, 2.75) is 37.6 Å². The zero-order valence-electron chi connectivity index (χ0n) is 11.8. The highest BCUT2D eigenvalue weighted by Gasteiger charge is 2.38. The number of nitrogens with one attached hydrogen (secondary N) is 1. The van der Waals surface area contributed by atoms with Crippen LogP contribution in [-0.4, -0.2) is 29.6 Å². The Balaban J connectivity index is 2.21. The first-order valence-electron chi connectivity index (χ1n) is 6.84. The smallest absolute Gasteiger partial charge is 0.305 e. The van der Waals surface area contributed by atoms with Gasteiger partial charge in [0, 0.05) is 4.47 Å². The molecule has 1 saturated carbocycles. The van der Waals surface area contributed by atoms with Gasteiger partial charge in [-0.05, 0) is 31.0 Å². The van der Waals surface area contributed by atoms with Gasteiger partial charge in [0.25, 0.3) is 5.91 Å². The second-order valence-corrected chi connectivity index (χ2v) is 6.27. The Morgan fingerprint density at radius 1 is 1.38 bits per heavy atom. The van der Waals surface area contributed by atoms with Crippen LogP contribution < -0.4 is 10.1 Å². The van der Waals surface area contributed by atoms with Gasteiger partial charge in [0.2, 0.25) is 0 Å². The Bertz CT molecular complexity index is 553. The second kappa shape index (κ2) is 6.47. The lowest BCUT2D eigenvalue weighted by atomic mass is 9.92. The van der Waals surface area contributed by atoms with Crippen LogP contribution >= 0.6 is 15.9 Å². The number of rotatable bonds is 5. The number of hydrogen-bond acceptors (Lipinski definition) is 3. The third-order valence-electron chi connectivity index (χ3n) is 3.84. The minimum absolute atomic E-state index is 0.0441. The van der Waals surface area contributed by atoms with Crippen LogP contribution in [0.15, 0.2) is 22.7 Å². The predicted molar refractivity (Wildman–Crippen MR) is 81.6 cm³/mol. The van der Waals surface area contributed by atoms with Gasteiger partial charge in [0.15, 0.2) is 0 Å². The van der Waals surface area contributed by atoms with E-state index in [1.165, 1.54) is 7.11 Å². The van der Waals surface area contributed by atoms with Gasteiger partial charge in [0.1, 0.15) is 5.75 Å². The SMILES string of the molecule is COc1cc(Br)ccc1C(=O)NC1(CC(=O)O)CCCC1. The molecule has 0 radical (unpaired) electrons. The Kier molecular flexibility index (Phi) is 4.88. The molecule has 0 saturated heterocycles. The fourth-order valence-corrected chi connectivity index (χ4v) is 3.19. The Morgan fingerprint density at radius 3 is 2.62 bits per heavy atom. The van der Waals surface area contributed by atoms with Crippen molar-refractivity contribution in [3.05, 3.63) is 28.2 Å². The number of halogens is 1. The molecular formula is C15H18BrNO4. The van der Waals surface area contributed by atoms with E-state index in [0.717, 1.165) is 17.3 Å². The maximum Gasteiger partial charge on any atom is 0.305 e. The monoisotopic (exact) mass is 355 g/mol. The molecule has 1 aliphatic carbocycles. The number of carboxylic acid groups (broad SMARTS) is 1. The van der Waals surface area contributed by atoms with E-state index in [1.54, 1.807) is 18.2 Å². The third-order valence-corrected chi connectivity index (χ3v) is 4.33. The summed E-state index contributed by atoms with van der Waals surface area (Å²) in [4.78, 5) is 23.5. The van der Waals surface area contributed by atoms with Gasteiger partial charge in [-0.1, -0.05) is 28.8 Å². The summed E-state index contributed by atoms with van der Waals surface area (Å²) in [6.45, 7) is 0. The zero-order valence-corrected chi connectivity index (χ0v) is 13.4. The van der Waals surface area contributed by atoms with Crippen LogP contribution in [0.4, 0.5) is 0 Å². The number of methoxy groups -OCH3 is 1. The summed E-state index contributed by atoms with van der Waals surface area (Å²) in [6, 6.07) is 5.14. The van der Waals surface area contributed by atoms with Crippen LogP contribution in [0.25, 0.3) is 0 Å². The molecule has 0 aromatic heterocycles. The Morgan fingerprint density at radius 2 is 2.05 bits per heavy atom. The lowest BCUT2D eigenvalue weighted by Gasteiger charge is -2.29. The van der Waals surface area contributed by atoms with Crippen molar-refractivity contribution in [1.29, 1.82) is 0 Å². The molecule has 0 aliphatic heterocycles. The van der Waals surface area contributed by atoms with Gasteiger partial charge in [-0.3, -0.25) is 9.59 Å². The van der Waals surface area contributed by atoms with Crippen molar-refractivity contribution in [2.24, 2.45) is 0 Å². The minimum Gasteiger partial charge on any atom is -0.496 e. The topological polar surface area (TPSA) is 75.6 Å². The average molecular weight is 356 g/mol. The number of carboxylic acids is 1. The lowest BCUT2D eigenvalue weighted by molar-refractivity contribution is -0.138. The average Bonchev–Trinajstić information content (AvgIpc) is 2.85. The molecule has 114 valence electrons. The molecule has 2 rings (SSSR count). The summed E-state index contributed by atoms with van der Waals surface area (Å²) in [5.41, 5.74) is -0.224. The van der Waals surface area contributed by atoms with Crippen molar-refractivity contribution < 1.29 is 19.4 Å². The molecule has 0 atom stereocenters. The van der Waals surface area contributed by atoms with Crippen LogP contribution in [0, 0.1) is 0 Å². The number of carbonyl (C=O) groups excluding carboxylic acids is 1. The maximum absolute atomic E-state index is 12.5. The summed E-state index contributed by atoms with van der Waals surface area (Å²) >= 11 is 3.33. The van der Waals surface area contributed by atoms with Crippen LogP contribution in [-0.2, 0) is 4.79 Å². The van der Waals surface area contributed by atoms with E-state index in [1.807, 2.05) is 0 Å². The molecule has 6 heteroatoms. The fraction of sp³-hybridized carbons (Fsp3) is 0.467. The van der Waals surface area contributed by atoms with Crippen molar-refractivity contribution >= 4 is 27.8 Å². The number of amides is 1. The first kappa shape index (κ1) is 15.8. The van der Waals surface area contributed by atoms with Crippen molar-refractivity contribution in [3.63, 3.8) is 0 Å². The van der Waals surface area contributed by atoms with E-state index in [2.05, 4.69) is 21.2 Å². The highest BCUT2D eigenvalue weighted by Crippen LogP contribution is 2.33. The number of carbonyl (C=O) groups is 2. The third kappa shape index (κ3) is 3.75. The number of benzene rings is 1. The largest absolute Gasteiger partial charge is 0.496 e. The number of hydrogen-bond donors (Lipinski definition) is 2. The van der Waals surface area contributed by atoms with Gasteiger partial charge < -0.3 is 15.2 Å². The van der Waals surface area contributed by atoms with Crippen LogP contribution in [0.1, 0.15) is 42.5 Å². The Labute approximate surface area is 131 Å². The molecule has 1 aromatic carbocycles. The number of aliphatic carboxylic acids is 1. The molecule has 0 unspecified atom stereocenters. The molecule has 0 spiro atoms. The normalized spacial score (nSPS) is 16.5. The van der Waals surface area contributed by atoms with Crippen LogP contribution in [0.2, 0.25) is 0 Å². The van der Waals surface area contributed by atoms with Crippen molar-refractivity contribution in [2.75, 3.05) is 7.11 Å². The molecule has 1 fully saturated rings. The standard InChI is InChI=1S/C15H18BrNO4/c1-21-12-8-10(16)4-5-11(12)14(20)17-15(9-13(18)19)6-2-3-7-15/h4-5,8H,2-3,6-7,9H2,1H3,(H,17,20)(H,18,19). The van der Waals surface area contributed by atoms with E-state index in [4.69, 9.17) is 9.84 Å². The summed E-state index contributed by atoms with van der Waals surface area (Å²) in [7, 11) is 1.50. The quantitative estimate of drug-likeness (QED) is 0.851. The lowest BCUT2D eigenvalue weighted by Crippen LogP contribution is -2.47. The Hall–Kier alpha value is -1.56. The predicted octanol–water partition coefficient (Wildman–Crippen LogP) is 2.98. The van der Waals surface area contributed by atoms with Gasteiger partial charge in [-0.2, -0.15) is 0 Å². The van der Waals surface area contributed by atoms with Gasteiger partial charge in [-0.25, -0.2) is 0 Å². The highest BCUT2D eigenvalue weighted by atomic mass is 79.9. The van der Waals surface area contributed by atoms with E-state index < -0.39 is 11.5 Å². The van der Waals surface area contributed by atoms with Crippen LogP contribution in [0.3, 0.4) is 0 Å². The molecule has 1 aliphatic rings. The first-order chi connectivity index (χ1) is 9.96. The van der Waals surface area contributed by atoms with E-state index in [0.29, 0.717) is 24.2 Å². The molecule has 1 aromatic rings. The van der Waals surface area contributed by atoms with Crippen molar-refractivity contribution in [1.82, 2.24) is 5.32 Å². The zero-order chi connectivity index (χ0) is 15.5. The molecule has 2 N–H and O–H groups in total. The molecule has 1 amide bonds. The summed E-state index contributed by atoms with van der Waals surface area (Å²) in [5, 5.41) is 12.0. The maximum atomic E-state index is 12.5. The van der Waals surface area contributed by atoms with E-state index >= 15 is 0 Å². The van der Waals surface area contributed by atoms with Crippen LogP contribution in [0.5, 0.6) is 5.75 Å². The first-order valence-corrected chi connectivity index (χ1v) is 7.63. The number of ether oxygens (including phenoxy) is 1. The molecule has 21 heavy (non-hydrogen) atoms. The highest BCUT2D eigenvalue weighted by molar-refractivity contribution is 9.10. The van der Waals surface area contributed by atoms with Gasteiger partial charge in [-0.15, -0.1) is 0 Å². The molecule has 0 heterocycles. The fourth-order valence-electron chi connectivity index (χ4n) is 2.85. The second-order valence-electron chi connectivity index (χ2n) is 5.36. The van der Waals surface area contributed by atoms with Gasteiger partial charge >= 0.3 is 5.97 Å².